The molecule has 1 aliphatic heterocycles. The Morgan fingerprint density at radius 2 is 1.77 bits per heavy atom. The quantitative estimate of drug-likeness (QED) is 0.723. The molecule has 1 N–H and O–H groups in total. The monoisotopic (exact) mass is 402 g/mol. The largest absolute Gasteiger partial charge is 0.387 e. The summed E-state index contributed by atoms with van der Waals surface area (Å²) in [6.07, 6.45) is 8.19. The van der Waals surface area contributed by atoms with Crippen molar-refractivity contribution < 1.29 is 5.11 Å². The fourth-order valence-corrected chi connectivity index (χ4v) is 5.03. The second-order valence-electron chi connectivity index (χ2n) is 8.39. The molecule has 6 nitrogen and oxygen atoms in total. The number of nitrogens with zero attached hydrogens (tertiary/aromatic N) is 4. The minimum Gasteiger partial charge on any atom is -0.387 e. The van der Waals surface area contributed by atoms with Crippen molar-refractivity contribution in [3.8, 4) is 11.3 Å². The van der Waals surface area contributed by atoms with Crippen LogP contribution in [0.2, 0.25) is 0 Å². The van der Waals surface area contributed by atoms with Gasteiger partial charge in [0.1, 0.15) is 0 Å². The fourth-order valence-electron chi connectivity index (χ4n) is 5.03. The topological polar surface area (TPSA) is 71.2 Å². The van der Waals surface area contributed by atoms with E-state index in [0.717, 1.165) is 30.4 Å². The van der Waals surface area contributed by atoms with Crippen molar-refractivity contribution in [2.75, 3.05) is 11.4 Å². The van der Waals surface area contributed by atoms with E-state index < -0.39 is 6.10 Å². The summed E-state index contributed by atoms with van der Waals surface area (Å²) in [4.78, 5) is 24.2. The Morgan fingerprint density at radius 1 is 1.03 bits per heavy atom. The summed E-state index contributed by atoms with van der Waals surface area (Å²) in [6, 6.07) is 15.1. The molecule has 0 bridgehead atoms. The zero-order valence-corrected chi connectivity index (χ0v) is 16.9. The second-order valence-corrected chi connectivity index (χ2v) is 8.39. The Hall–Kier alpha value is -2.99. The highest BCUT2D eigenvalue weighted by Crippen LogP contribution is 2.44. The molecule has 154 valence electrons. The van der Waals surface area contributed by atoms with Crippen LogP contribution in [0.4, 0.5) is 5.95 Å². The third-order valence-electron chi connectivity index (χ3n) is 6.65. The first-order chi connectivity index (χ1) is 14.7. The SMILES string of the molecule is O=c1cc(-c2ccncc2)nc2n1CCC1(CCCC1)N2C[C@@H](O)c1ccccc1. The van der Waals surface area contributed by atoms with Gasteiger partial charge in [0.15, 0.2) is 0 Å². The minimum absolute atomic E-state index is 0.0356. The Morgan fingerprint density at radius 3 is 2.50 bits per heavy atom. The van der Waals surface area contributed by atoms with Gasteiger partial charge in [0.05, 0.1) is 18.3 Å². The number of pyridine rings is 1. The summed E-state index contributed by atoms with van der Waals surface area (Å²) in [7, 11) is 0. The lowest BCUT2D eigenvalue weighted by molar-refractivity contribution is 0.164. The van der Waals surface area contributed by atoms with Crippen LogP contribution in [-0.4, -0.2) is 31.7 Å². The van der Waals surface area contributed by atoms with Crippen LogP contribution in [0.1, 0.15) is 43.8 Å². The predicted molar refractivity (Wildman–Crippen MR) is 116 cm³/mol. The number of aliphatic hydroxyl groups is 1. The molecule has 3 aromatic rings. The molecule has 1 saturated carbocycles. The van der Waals surface area contributed by atoms with Gasteiger partial charge in [-0.05, 0) is 37.0 Å². The molecule has 3 heterocycles. The number of rotatable bonds is 4. The highest BCUT2D eigenvalue weighted by atomic mass is 16.3. The molecule has 1 aromatic carbocycles. The number of hydrogen-bond acceptors (Lipinski definition) is 5. The summed E-state index contributed by atoms with van der Waals surface area (Å²) >= 11 is 0. The van der Waals surface area contributed by atoms with Crippen LogP contribution < -0.4 is 10.5 Å². The van der Waals surface area contributed by atoms with Crippen molar-refractivity contribution in [3.63, 3.8) is 0 Å². The van der Waals surface area contributed by atoms with Gasteiger partial charge in [-0.3, -0.25) is 14.3 Å². The molecule has 2 aliphatic rings. The molecule has 0 radical (unpaired) electrons. The van der Waals surface area contributed by atoms with Crippen molar-refractivity contribution in [3.05, 3.63) is 76.8 Å². The van der Waals surface area contributed by atoms with Crippen LogP contribution in [0.15, 0.2) is 65.7 Å². The normalized spacial score (nSPS) is 18.4. The maximum atomic E-state index is 13.0. The summed E-state index contributed by atoms with van der Waals surface area (Å²) in [6.45, 7) is 1.10. The number of fused-ring (bicyclic) bond motifs is 1. The van der Waals surface area contributed by atoms with Gasteiger partial charge in [0.2, 0.25) is 5.95 Å². The van der Waals surface area contributed by atoms with Crippen molar-refractivity contribution in [2.24, 2.45) is 0 Å². The number of anilines is 1. The van der Waals surface area contributed by atoms with Crippen LogP contribution >= 0.6 is 0 Å². The molecule has 0 unspecified atom stereocenters. The summed E-state index contributed by atoms with van der Waals surface area (Å²) in [5.41, 5.74) is 2.34. The zero-order valence-electron chi connectivity index (χ0n) is 16.9. The summed E-state index contributed by atoms with van der Waals surface area (Å²) in [5, 5.41) is 11.0. The lowest BCUT2D eigenvalue weighted by Crippen LogP contribution is -2.55. The van der Waals surface area contributed by atoms with E-state index >= 15 is 0 Å². The first kappa shape index (κ1) is 19.0. The molecular formula is C24H26N4O2. The fraction of sp³-hybridized carbons (Fsp3) is 0.375. The van der Waals surface area contributed by atoms with E-state index in [-0.39, 0.29) is 11.1 Å². The molecule has 1 atom stereocenters. The van der Waals surface area contributed by atoms with Gasteiger partial charge in [-0.25, -0.2) is 4.98 Å². The van der Waals surface area contributed by atoms with Crippen molar-refractivity contribution >= 4 is 5.95 Å². The number of benzene rings is 1. The third kappa shape index (κ3) is 3.31. The highest BCUT2D eigenvalue weighted by molar-refractivity contribution is 5.60. The number of β-amino-alcohol motifs (C(OH)–C–C–N with tert-alkyl or cyclic N) is 1. The third-order valence-corrected chi connectivity index (χ3v) is 6.65. The summed E-state index contributed by atoms with van der Waals surface area (Å²) < 4.78 is 1.77. The molecule has 1 spiro atoms. The van der Waals surface area contributed by atoms with Gasteiger partial charge in [-0.15, -0.1) is 0 Å². The summed E-state index contributed by atoms with van der Waals surface area (Å²) in [5.74, 6) is 0.678. The van der Waals surface area contributed by atoms with Gasteiger partial charge < -0.3 is 10.0 Å². The Kier molecular flexibility index (Phi) is 4.87. The maximum absolute atomic E-state index is 13.0. The van der Waals surface area contributed by atoms with Gasteiger partial charge in [0, 0.05) is 36.1 Å². The van der Waals surface area contributed by atoms with E-state index in [9.17, 15) is 9.90 Å². The zero-order chi connectivity index (χ0) is 20.6. The van der Waals surface area contributed by atoms with E-state index in [2.05, 4.69) is 9.88 Å². The van der Waals surface area contributed by atoms with E-state index in [1.807, 2.05) is 42.5 Å². The molecular weight excluding hydrogens is 376 g/mol. The van der Waals surface area contributed by atoms with Gasteiger partial charge in [0.25, 0.3) is 5.56 Å². The van der Waals surface area contributed by atoms with Crippen LogP contribution in [0, 0.1) is 0 Å². The van der Waals surface area contributed by atoms with E-state index in [4.69, 9.17) is 4.98 Å². The molecule has 30 heavy (non-hydrogen) atoms. The van der Waals surface area contributed by atoms with Crippen LogP contribution in [-0.2, 0) is 6.54 Å². The van der Waals surface area contributed by atoms with Crippen LogP contribution in [0.25, 0.3) is 11.3 Å². The van der Waals surface area contributed by atoms with E-state index in [0.29, 0.717) is 24.7 Å². The van der Waals surface area contributed by atoms with Crippen LogP contribution in [0.5, 0.6) is 0 Å². The average Bonchev–Trinajstić information content (AvgIpc) is 3.26. The minimum atomic E-state index is -0.642. The molecule has 0 amide bonds. The predicted octanol–water partition coefficient (Wildman–Crippen LogP) is 3.56. The van der Waals surface area contributed by atoms with Crippen molar-refractivity contribution in [2.45, 2.75) is 50.3 Å². The second kappa shape index (κ2) is 7.69. The lowest BCUT2D eigenvalue weighted by Gasteiger charge is -2.47. The Labute approximate surface area is 175 Å². The van der Waals surface area contributed by atoms with E-state index in [1.165, 1.54) is 12.8 Å². The standard InChI is InChI=1S/C24H26N4O2/c29-21(19-6-2-1-3-7-19)17-28-23-26-20(18-8-13-25-14-9-18)16-22(30)27(23)15-12-24(28)10-4-5-11-24/h1-3,6-9,13-14,16,21,29H,4-5,10-12,15,17H2/t21-/m1/s1. The number of aromatic nitrogens is 3. The average molecular weight is 402 g/mol. The molecule has 1 fully saturated rings. The Balaban J connectivity index is 1.60. The van der Waals surface area contributed by atoms with Crippen molar-refractivity contribution in [1.29, 1.82) is 0 Å². The number of aliphatic hydroxyl groups excluding tert-OH is 1. The maximum Gasteiger partial charge on any atom is 0.255 e. The van der Waals surface area contributed by atoms with Crippen molar-refractivity contribution in [1.82, 2.24) is 14.5 Å². The van der Waals surface area contributed by atoms with E-state index in [1.54, 1.807) is 23.0 Å². The van der Waals surface area contributed by atoms with Gasteiger partial charge in [-0.1, -0.05) is 43.2 Å². The van der Waals surface area contributed by atoms with Gasteiger partial charge in [-0.2, -0.15) is 0 Å². The van der Waals surface area contributed by atoms with Gasteiger partial charge >= 0.3 is 0 Å². The first-order valence-corrected chi connectivity index (χ1v) is 10.7. The lowest BCUT2D eigenvalue weighted by atomic mass is 9.88. The van der Waals surface area contributed by atoms with Crippen LogP contribution in [0.3, 0.4) is 0 Å². The smallest absolute Gasteiger partial charge is 0.255 e. The first-order valence-electron chi connectivity index (χ1n) is 10.7. The molecule has 6 heteroatoms. The molecule has 0 saturated heterocycles. The Bertz CT molecular complexity index is 1080. The number of hydrogen-bond donors (Lipinski definition) is 1. The molecule has 5 rings (SSSR count). The molecule has 1 aliphatic carbocycles. The molecule has 2 aromatic heterocycles. The highest BCUT2D eigenvalue weighted by Gasteiger charge is 2.44.